The molecule has 0 unspecified atom stereocenters. The Morgan fingerprint density at radius 1 is 1.45 bits per heavy atom. The van der Waals surface area contributed by atoms with E-state index in [0.717, 1.165) is 11.0 Å². The Balaban J connectivity index is 2.16. The number of nitrogens with zero attached hydrogens (tertiary/aromatic N) is 1. The number of para-hydroxylation sites is 1. The number of alkyl halides is 2. The number of halogens is 3. The molecule has 7 heteroatoms. The first-order valence-corrected chi connectivity index (χ1v) is 6.90. The molecule has 2 aliphatic rings. The van der Waals surface area contributed by atoms with Crippen LogP contribution in [0.5, 0.6) is 0 Å². The van der Waals surface area contributed by atoms with Gasteiger partial charge >= 0.3 is 5.97 Å². The fourth-order valence-corrected chi connectivity index (χ4v) is 3.63. The van der Waals surface area contributed by atoms with E-state index < -0.39 is 41.4 Å². The molecule has 1 aliphatic heterocycles. The van der Waals surface area contributed by atoms with Gasteiger partial charge in [-0.15, -0.1) is 0 Å². The van der Waals surface area contributed by atoms with Crippen LogP contribution in [0.3, 0.4) is 0 Å². The van der Waals surface area contributed by atoms with Crippen molar-refractivity contribution in [3.05, 3.63) is 29.6 Å². The van der Waals surface area contributed by atoms with Gasteiger partial charge in [-0.3, -0.25) is 9.59 Å². The zero-order valence-electron chi connectivity index (χ0n) is 12.0. The monoisotopic (exact) mass is 313 g/mol. The predicted molar refractivity (Wildman–Crippen MR) is 71.1 cm³/mol. The summed E-state index contributed by atoms with van der Waals surface area (Å²) in [7, 11) is 1.32. The molecular weight excluding hydrogens is 299 g/mol. The van der Waals surface area contributed by atoms with Gasteiger partial charge in [0.25, 0.3) is 0 Å². The van der Waals surface area contributed by atoms with Gasteiger partial charge in [0.15, 0.2) is 0 Å². The first-order chi connectivity index (χ1) is 10.4. The van der Waals surface area contributed by atoms with Crippen LogP contribution < -0.4 is 4.90 Å². The third kappa shape index (κ3) is 1.59. The van der Waals surface area contributed by atoms with Crippen LogP contribution in [-0.4, -0.2) is 32.0 Å². The predicted octanol–water partition coefficient (Wildman–Crippen LogP) is 2.11. The van der Waals surface area contributed by atoms with Gasteiger partial charge in [-0.1, -0.05) is 12.1 Å². The molecule has 4 nitrogen and oxygen atoms in total. The number of ether oxygens (including phenoxy) is 1. The van der Waals surface area contributed by atoms with E-state index in [1.807, 2.05) is 0 Å². The fourth-order valence-electron chi connectivity index (χ4n) is 3.63. The number of likely N-dealkylation sites (N-methyl/N-ethyl adjacent to an activating group) is 1. The van der Waals surface area contributed by atoms with Crippen molar-refractivity contribution in [2.75, 3.05) is 18.6 Å². The lowest BCUT2D eigenvalue weighted by molar-refractivity contribution is -0.146. The normalized spacial score (nSPS) is 29.2. The van der Waals surface area contributed by atoms with Crippen LogP contribution in [0.2, 0.25) is 0 Å². The van der Waals surface area contributed by atoms with Crippen LogP contribution in [0.1, 0.15) is 12.5 Å². The highest BCUT2D eigenvalue weighted by Crippen LogP contribution is 2.68. The van der Waals surface area contributed by atoms with Gasteiger partial charge in [0.2, 0.25) is 12.3 Å². The van der Waals surface area contributed by atoms with Gasteiger partial charge in [-0.2, -0.15) is 0 Å². The molecule has 1 aromatic rings. The summed E-state index contributed by atoms with van der Waals surface area (Å²) in [6, 6.07) is 3.93. The summed E-state index contributed by atoms with van der Waals surface area (Å²) in [5.74, 6) is -4.95. The molecule has 1 amide bonds. The first-order valence-electron chi connectivity index (χ1n) is 6.90. The summed E-state index contributed by atoms with van der Waals surface area (Å²) >= 11 is 0. The van der Waals surface area contributed by atoms with E-state index in [9.17, 15) is 22.8 Å². The lowest BCUT2D eigenvalue weighted by atomic mass is 9.93. The second-order valence-corrected chi connectivity index (χ2v) is 5.46. The zero-order valence-corrected chi connectivity index (χ0v) is 12.0. The van der Waals surface area contributed by atoms with Crippen LogP contribution in [0.4, 0.5) is 18.9 Å². The summed E-state index contributed by atoms with van der Waals surface area (Å²) in [6.07, 6.45) is -2.87. The molecule has 1 fully saturated rings. The molecule has 3 rings (SSSR count). The van der Waals surface area contributed by atoms with Crippen molar-refractivity contribution < 1.29 is 27.5 Å². The topological polar surface area (TPSA) is 46.6 Å². The highest BCUT2D eigenvalue weighted by Gasteiger charge is 2.80. The molecule has 1 aliphatic carbocycles. The maximum absolute atomic E-state index is 14.0. The summed E-state index contributed by atoms with van der Waals surface area (Å²) in [5.41, 5.74) is -1.60. The van der Waals surface area contributed by atoms with E-state index >= 15 is 0 Å². The molecule has 3 atom stereocenters. The smallest absolute Gasteiger partial charge is 0.310 e. The van der Waals surface area contributed by atoms with Crippen molar-refractivity contribution in [3.8, 4) is 0 Å². The van der Waals surface area contributed by atoms with Gasteiger partial charge in [0, 0.05) is 7.05 Å². The number of hydrogen-bond donors (Lipinski definition) is 0. The van der Waals surface area contributed by atoms with Crippen molar-refractivity contribution in [1.82, 2.24) is 0 Å². The second-order valence-electron chi connectivity index (χ2n) is 5.46. The summed E-state index contributed by atoms with van der Waals surface area (Å²) < 4.78 is 45.6. The molecule has 22 heavy (non-hydrogen) atoms. The highest BCUT2D eigenvalue weighted by molar-refractivity contribution is 6.14. The molecule has 1 aromatic carbocycles. The third-order valence-corrected chi connectivity index (χ3v) is 4.50. The Labute approximate surface area is 124 Å². The molecule has 0 saturated heterocycles. The average Bonchev–Trinajstić information content (AvgIpc) is 3.11. The van der Waals surface area contributed by atoms with Crippen LogP contribution in [-0.2, 0) is 19.7 Å². The Morgan fingerprint density at radius 2 is 2.14 bits per heavy atom. The molecule has 1 heterocycles. The molecular formula is C15H14F3NO3. The van der Waals surface area contributed by atoms with Crippen LogP contribution in [0.15, 0.2) is 18.2 Å². The molecule has 118 valence electrons. The Morgan fingerprint density at radius 3 is 2.73 bits per heavy atom. The lowest BCUT2D eigenvalue weighted by Crippen LogP contribution is -2.32. The minimum atomic E-state index is -2.87. The number of carbonyl (C=O) groups is 2. The quantitative estimate of drug-likeness (QED) is 0.803. The van der Waals surface area contributed by atoms with E-state index in [0.29, 0.717) is 0 Å². The molecule has 1 saturated carbocycles. The number of hydrogen-bond acceptors (Lipinski definition) is 3. The minimum absolute atomic E-state index is 0.0292. The van der Waals surface area contributed by atoms with E-state index in [4.69, 9.17) is 4.74 Å². The van der Waals surface area contributed by atoms with Crippen LogP contribution >= 0.6 is 0 Å². The van der Waals surface area contributed by atoms with Crippen molar-refractivity contribution in [1.29, 1.82) is 0 Å². The number of carbonyl (C=O) groups excluding carboxylic acids is 2. The maximum Gasteiger partial charge on any atom is 0.310 e. The Bertz CT molecular complexity index is 663. The molecule has 0 aromatic heterocycles. The van der Waals surface area contributed by atoms with Crippen LogP contribution in [0, 0.1) is 17.7 Å². The Hall–Kier alpha value is -2.05. The van der Waals surface area contributed by atoms with Crippen LogP contribution in [0.25, 0.3) is 0 Å². The third-order valence-electron chi connectivity index (χ3n) is 4.50. The number of esters is 1. The van der Waals surface area contributed by atoms with Gasteiger partial charge in [-0.05, 0) is 18.6 Å². The molecule has 0 N–H and O–H groups in total. The van der Waals surface area contributed by atoms with Crippen molar-refractivity contribution >= 4 is 17.6 Å². The van der Waals surface area contributed by atoms with Crippen molar-refractivity contribution in [2.45, 2.75) is 18.8 Å². The first kappa shape index (κ1) is 14.9. The minimum Gasteiger partial charge on any atom is -0.466 e. The van der Waals surface area contributed by atoms with E-state index in [1.165, 1.54) is 19.2 Å². The lowest BCUT2D eigenvalue weighted by Gasteiger charge is -2.11. The number of amides is 1. The maximum atomic E-state index is 14.0. The Kier molecular flexibility index (Phi) is 3.19. The van der Waals surface area contributed by atoms with Gasteiger partial charge in [0.1, 0.15) is 5.82 Å². The number of anilines is 1. The SMILES string of the molecule is CCOC(=O)[C@@H]1[C@@H](C(F)F)[C@@]12C(=O)N(C)c1c(F)cccc12. The number of benzene rings is 1. The van der Waals surface area contributed by atoms with Gasteiger partial charge < -0.3 is 9.64 Å². The number of fused-ring (bicyclic) bond motifs is 2. The number of rotatable bonds is 3. The highest BCUT2D eigenvalue weighted by atomic mass is 19.3. The fraction of sp³-hybridized carbons (Fsp3) is 0.467. The average molecular weight is 313 g/mol. The van der Waals surface area contributed by atoms with Crippen molar-refractivity contribution in [2.24, 2.45) is 11.8 Å². The zero-order chi connectivity index (χ0) is 16.2. The van der Waals surface area contributed by atoms with E-state index in [-0.39, 0.29) is 17.9 Å². The summed E-state index contributed by atoms with van der Waals surface area (Å²) in [5, 5.41) is 0. The largest absolute Gasteiger partial charge is 0.466 e. The molecule has 0 bridgehead atoms. The van der Waals surface area contributed by atoms with E-state index in [2.05, 4.69) is 0 Å². The second kappa shape index (κ2) is 4.72. The molecule has 1 spiro atoms. The van der Waals surface area contributed by atoms with Gasteiger partial charge in [-0.25, -0.2) is 13.2 Å². The molecule has 0 radical (unpaired) electrons. The van der Waals surface area contributed by atoms with Gasteiger partial charge in [0.05, 0.1) is 29.5 Å². The van der Waals surface area contributed by atoms with Crippen molar-refractivity contribution in [3.63, 3.8) is 0 Å². The summed E-state index contributed by atoms with van der Waals surface area (Å²) in [4.78, 5) is 25.6. The van der Waals surface area contributed by atoms with E-state index in [1.54, 1.807) is 6.92 Å². The summed E-state index contributed by atoms with van der Waals surface area (Å²) in [6.45, 7) is 1.59. The standard InChI is InChI=1S/C15H14F3NO3/c1-3-22-13(20)10-9(12(17)18)15(10)7-5-4-6-8(16)11(7)19(2)14(15)21/h4-6,9-10,12H,3H2,1-2H3/t9-,10-,15+/m0/s1.